The summed E-state index contributed by atoms with van der Waals surface area (Å²) in [4.78, 5) is 15.9. The van der Waals surface area contributed by atoms with E-state index in [0.29, 0.717) is 6.54 Å². The van der Waals surface area contributed by atoms with Crippen LogP contribution in [0.1, 0.15) is 24.1 Å². The lowest BCUT2D eigenvalue weighted by Crippen LogP contribution is -2.36. The Morgan fingerprint density at radius 3 is 2.54 bits per heavy atom. The van der Waals surface area contributed by atoms with Gasteiger partial charge in [-0.05, 0) is 30.2 Å². The number of carbonyl (C=O) groups is 1. The van der Waals surface area contributed by atoms with Gasteiger partial charge in [-0.3, -0.25) is 0 Å². The molecule has 24 heavy (non-hydrogen) atoms. The van der Waals surface area contributed by atoms with Crippen molar-refractivity contribution >= 4 is 6.03 Å². The molecule has 122 valence electrons. The predicted molar refractivity (Wildman–Crippen MR) is 91.6 cm³/mol. The van der Waals surface area contributed by atoms with Crippen molar-refractivity contribution in [3.63, 3.8) is 0 Å². The van der Waals surface area contributed by atoms with E-state index < -0.39 is 0 Å². The summed E-state index contributed by atoms with van der Waals surface area (Å²) in [7, 11) is 0. The molecule has 2 aromatic carbocycles. The van der Waals surface area contributed by atoms with Gasteiger partial charge in [0, 0.05) is 6.54 Å². The van der Waals surface area contributed by atoms with E-state index in [4.69, 9.17) is 0 Å². The molecule has 1 aromatic heterocycles. The summed E-state index contributed by atoms with van der Waals surface area (Å²) in [5.41, 5.74) is 3.02. The Labute approximate surface area is 140 Å². The number of carbonyl (C=O) groups excluding carboxylic acids is 1. The summed E-state index contributed by atoms with van der Waals surface area (Å²) < 4.78 is 1.69. The number of benzene rings is 2. The Bertz CT molecular complexity index is 769. The van der Waals surface area contributed by atoms with Gasteiger partial charge in [0.05, 0.1) is 11.7 Å². The van der Waals surface area contributed by atoms with Crippen molar-refractivity contribution in [1.82, 2.24) is 25.4 Å². The first-order chi connectivity index (χ1) is 11.7. The zero-order valence-electron chi connectivity index (χ0n) is 13.4. The normalized spacial score (nSPS) is 11.7. The van der Waals surface area contributed by atoms with E-state index in [2.05, 4.69) is 20.7 Å². The summed E-state index contributed by atoms with van der Waals surface area (Å²) >= 11 is 0. The number of aromatic nitrogens is 3. The lowest BCUT2D eigenvalue weighted by Gasteiger charge is -2.15. The van der Waals surface area contributed by atoms with Gasteiger partial charge >= 0.3 is 6.03 Å². The molecule has 0 aliphatic heterocycles. The van der Waals surface area contributed by atoms with Crippen LogP contribution in [0, 0.1) is 0 Å². The molecule has 0 saturated heterocycles. The van der Waals surface area contributed by atoms with Gasteiger partial charge in [-0.1, -0.05) is 42.5 Å². The van der Waals surface area contributed by atoms with E-state index in [1.165, 1.54) is 6.33 Å². The molecule has 0 radical (unpaired) electrons. The van der Waals surface area contributed by atoms with Crippen LogP contribution in [0.3, 0.4) is 0 Å². The number of nitrogens with zero attached hydrogens (tertiary/aromatic N) is 3. The third-order valence-electron chi connectivity index (χ3n) is 3.72. The second kappa shape index (κ2) is 7.41. The van der Waals surface area contributed by atoms with E-state index in [1.54, 1.807) is 11.0 Å². The van der Waals surface area contributed by atoms with Crippen molar-refractivity contribution in [2.75, 3.05) is 0 Å². The average molecular weight is 321 g/mol. The first kappa shape index (κ1) is 15.7. The quantitative estimate of drug-likeness (QED) is 0.759. The zero-order valence-corrected chi connectivity index (χ0v) is 13.4. The fourth-order valence-electron chi connectivity index (χ4n) is 2.37. The fraction of sp³-hybridized carbons (Fsp3) is 0.167. The molecular formula is C18H19N5O. The number of nitrogens with one attached hydrogen (secondary N) is 2. The minimum absolute atomic E-state index is 0.0921. The number of rotatable bonds is 5. The molecule has 2 N–H and O–H groups in total. The van der Waals surface area contributed by atoms with Crippen LogP contribution in [0.15, 0.2) is 67.3 Å². The molecule has 0 unspecified atom stereocenters. The lowest BCUT2D eigenvalue weighted by molar-refractivity contribution is 0.237. The van der Waals surface area contributed by atoms with E-state index in [-0.39, 0.29) is 12.1 Å². The number of amides is 2. The Morgan fingerprint density at radius 2 is 1.88 bits per heavy atom. The zero-order chi connectivity index (χ0) is 16.8. The molecule has 0 bridgehead atoms. The molecule has 0 aliphatic carbocycles. The topological polar surface area (TPSA) is 71.8 Å². The van der Waals surface area contributed by atoms with Gasteiger partial charge in [0.1, 0.15) is 12.7 Å². The van der Waals surface area contributed by atoms with Crippen LogP contribution in [0.4, 0.5) is 4.79 Å². The first-order valence-corrected chi connectivity index (χ1v) is 7.75. The predicted octanol–water partition coefficient (Wildman–Crippen LogP) is 2.83. The summed E-state index contributed by atoms with van der Waals surface area (Å²) in [6.07, 6.45) is 3.14. The molecule has 0 spiro atoms. The van der Waals surface area contributed by atoms with Crippen LogP contribution >= 0.6 is 0 Å². The van der Waals surface area contributed by atoms with Crippen LogP contribution in [0.5, 0.6) is 0 Å². The van der Waals surface area contributed by atoms with Crippen LogP contribution in [-0.4, -0.2) is 20.8 Å². The molecule has 1 atom stereocenters. The fourth-order valence-corrected chi connectivity index (χ4v) is 2.37. The van der Waals surface area contributed by atoms with Crippen LogP contribution < -0.4 is 10.6 Å². The smallest absolute Gasteiger partial charge is 0.315 e. The SMILES string of the molecule is C[C@@H](NC(=O)NCc1ccccc1)c1ccc(-n2cncn2)cc1. The van der Waals surface area contributed by atoms with E-state index in [1.807, 2.05) is 61.5 Å². The standard InChI is InChI=1S/C18H19N5O/c1-14(22-18(24)20-11-15-5-3-2-4-6-15)16-7-9-17(10-8-16)23-13-19-12-21-23/h2-10,12-14H,11H2,1H3,(H2,20,22,24)/t14-/m1/s1. The Morgan fingerprint density at radius 1 is 1.12 bits per heavy atom. The highest BCUT2D eigenvalue weighted by Gasteiger charge is 2.09. The van der Waals surface area contributed by atoms with E-state index >= 15 is 0 Å². The first-order valence-electron chi connectivity index (χ1n) is 7.75. The van der Waals surface area contributed by atoms with Gasteiger partial charge in [-0.2, -0.15) is 5.10 Å². The van der Waals surface area contributed by atoms with E-state index in [0.717, 1.165) is 16.8 Å². The highest BCUT2D eigenvalue weighted by molar-refractivity contribution is 5.74. The van der Waals surface area contributed by atoms with Crippen molar-refractivity contribution in [3.8, 4) is 5.69 Å². The third kappa shape index (κ3) is 3.98. The maximum atomic E-state index is 12.0. The van der Waals surface area contributed by atoms with Gasteiger partial charge in [-0.15, -0.1) is 0 Å². The molecule has 1 heterocycles. The average Bonchev–Trinajstić information content (AvgIpc) is 3.16. The molecule has 0 saturated carbocycles. The monoisotopic (exact) mass is 321 g/mol. The van der Waals surface area contributed by atoms with Crippen molar-refractivity contribution < 1.29 is 4.79 Å². The van der Waals surface area contributed by atoms with Gasteiger partial charge in [0.2, 0.25) is 0 Å². The second-order valence-corrected chi connectivity index (χ2v) is 5.47. The van der Waals surface area contributed by atoms with Crippen LogP contribution in [-0.2, 0) is 6.54 Å². The van der Waals surface area contributed by atoms with E-state index in [9.17, 15) is 4.79 Å². The van der Waals surface area contributed by atoms with Crippen molar-refractivity contribution in [2.24, 2.45) is 0 Å². The summed E-state index contributed by atoms with van der Waals surface area (Å²) in [6, 6.07) is 17.4. The number of hydrogen-bond donors (Lipinski definition) is 2. The van der Waals surface area contributed by atoms with Gasteiger partial charge < -0.3 is 10.6 Å². The number of hydrogen-bond acceptors (Lipinski definition) is 3. The highest BCUT2D eigenvalue weighted by Crippen LogP contribution is 2.15. The largest absolute Gasteiger partial charge is 0.334 e. The Kier molecular flexibility index (Phi) is 4.86. The van der Waals surface area contributed by atoms with Crippen LogP contribution in [0.2, 0.25) is 0 Å². The minimum atomic E-state index is -0.188. The minimum Gasteiger partial charge on any atom is -0.334 e. The lowest BCUT2D eigenvalue weighted by atomic mass is 10.1. The molecule has 0 aliphatic rings. The maximum absolute atomic E-state index is 12.0. The van der Waals surface area contributed by atoms with Crippen LogP contribution in [0.25, 0.3) is 5.69 Å². The maximum Gasteiger partial charge on any atom is 0.315 e. The van der Waals surface area contributed by atoms with Gasteiger partial charge in [-0.25, -0.2) is 14.5 Å². The molecular weight excluding hydrogens is 302 g/mol. The van der Waals surface area contributed by atoms with Crippen molar-refractivity contribution in [1.29, 1.82) is 0 Å². The summed E-state index contributed by atoms with van der Waals surface area (Å²) in [5, 5.41) is 9.89. The molecule has 0 fully saturated rings. The molecule has 2 amide bonds. The van der Waals surface area contributed by atoms with Gasteiger partial charge in [0.25, 0.3) is 0 Å². The molecule has 6 nitrogen and oxygen atoms in total. The summed E-state index contributed by atoms with van der Waals surface area (Å²) in [6.45, 7) is 2.46. The Balaban J connectivity index is 1.54. The second-order valence-electron chi connectivity index (χ2n) is 5.47. The molecule has 3 aromatic rings. The highest BCUT2D eigenvalue weighted by atomic mass is 16.2. The summed E-state index contributed by atoms with van der Waals surface area (Å²) in [5.74, 6) is 0. The van der Waals surface area contributed by atoms with Gasteiger partial charge in [0.15, 0.2) is 0 Å². The third-order valence-corrected chi connectivity index (χ3v) is 3.72. The molecule has 3 rings (SSSR count). The van der Waals surface area contributed by atoms with Crippen molar-refractivity contribution in [3.05, 3.63) is 78.4 Å². The van der Waals surface area contributed by atoms with Crippen molar-refractivity contribution in [2.45, 2.75) is 19.5 Å². The molecule has 6 heteroatoms. The Hall–Kier alpha value is -3.15. The number of urea groups is 1.